The number of fused-ring (bicyclic) bond motifs is 1. The van der Waals surface area contributed by atoms with E-state index < -0.39 is 6.17 Å². The molecule has 4 nitrogen and oxygen atoms in total. The average Bonchev–Trinajstić information content (AvgIpc) is 3.03. The molecule has 0 unspecified atom stereocenters. The number of Topliss-reactive ketones (excluding diaryl/α,β-unsaturated/α-hetero) is 1. The van der Waals surface area contributed by atoms with Crippen molar-refractivity contribution in [2.75, 3.05) is 18.0 Å². The third-order valence-corrected chi connectivity index (χ3v) is 3.62. The summed E-state index contributed by atoms with van der Waals surface area (Å²) < 4.78 is 14.9. The summed E-state index contributed by atoms with van der Waals surface area (Å²) in [4.78, 5) is 13.8. The number of ketones is 1. The summed E-state index contributed by atoms with van der Waals surface area (Å²) in [5.74, 6) is 0.0905. The highest BCUT2D eigenvalue weighted by molar-refractivity contribution is 6.02. The lowest BCUT2D eigenvalue weighted by molar-refractivity contribution is 0.0989. The van der Waals surface area contributed by atoms with Gasteiger partial charge in [-0.05, 0) is 18.6 Å². The van der Waals surface area contributed by atoms with Gasteiger partial charge >= 0.3 is 0 Å². The molecule has 100 valence electrons. The summed E-state index contributed by atoms with van der Waals surface area (Å²) in [6.07, 6.45) is 3.77. The highest BCUT2D eigenvalue weighted by Gasteiger charge is 2.22. The van der Waals surface area contributed by atoms with Crippen LogP contribution in [0.4, 0.5) is 10.1 Å². The topological polar surface area (TPSA) is 37.6 Å². The zero-order valence-corrected chi connectivity index (χ0v) is 10.8. The fraction of sp³-hybridized carbons (Fsp3) is 0.429. The number of carbonyl (C=O) groups is 1. The minimum atomic E-state index is -0.745. The van der Waals surface area contributed by atoms with Crippen molar-refractivity contribution in [1.29, 1.82) is 0 Å². The lowest BCUT2D eigenvalue weighted by atomic mass is 10.1. The third-order valence-electron chi connectivity index (χ3n) is 3.62. The van der Waals surface area contributed by atoms with Crippen molar-refractivity contribution in [1.82, 2.24) is 9.61 Å². The van der Waals surface area contributed by atoms with E-state index in [1.54, 1.807) is 10.7 Å². The second kappa shape index (κ2) is 4.64. The number of nitrogens with zero attached hydrogens (tertiary/aromatic N) is 3. The van der Waals surface area contributed by atoms with E-state index in [1.165, 1.54) is 0 Å². The molecule has 2 aromatic heterocycles. The number of pyridine rings is 1. The van der Waals surface area contributed by atoms with Gasteiger partial charge in [0, 0.05) is 19.5 Å². The van der Waals surface area contributed by atoms with Crippen LogP contribution in [0.1, 0.15) is 30.1 Å². The van der Waals surface area contributed by atoms with E-state index in [0.717, 1.165) is 17.7 Å². The SMILES string of the molecule is CCC(=O)c1cnn2cc(N3CC[C@H](F)C3)ccc12. The van der Waals surface area contributed by atoms with Gasteiger partial charge in [-0.3, -0.25) is 4.79 Å². The first-order chi connectivity index (χ1) is 9.19. The summed E-state index contributed by atoms with van der Waals surface area (Å²) >= 11 is 0. The molecular weight excluding hydrogens is 245 g/mol. The maximum atomic E-state index is 13.2. The normalized spacial score (nSPS) is 19.3. The Labute approximate surface area is 110 Å². The first-order valence-electron chi connectivity index (χ1n) is 6.58. The van der Waals surface area contributed by atoms with Crippen molar-refractivity contribution in [3.8, 4) is 0 Å². The van der Waals surface area contributed by atoms with Crippen molar-refractivity contribution >= 4 is 17.0 Å². The Kier molecular flexibility index (Phi) is 2.97. The van der Waals surface area contributed by atoms with Crippen LogP contribution in [0, 0.1) is 0 Å². The molecular formula is C14H16FN3O. The molecule has 1 aliphatic rings. The van der Waals surface area contributed by atoms with Gasteiger partial charge in [-0.15, -0.1) is 0 Å². The van der Waals surface area contributed by atoms with Crippen molar-refractivity contribution in [2.45, 2.75) is 25.9 Å². The highest BCUT2D eigenvalue weighted by atomic mass is 19.1. The molecule has 0 aliphatic carbocycles. The average molecular weight is 261 g/mol. The number of anilines is 1. The van der Waals surface area contributed by atoms with Gasteiger partial charge in [-0.1, -0.05) is 6.92 Å². The second-order valence-electron chi connectivity index (χ2n) is 4.88. The Morgan fingerprint density at radius 2 is 2.37 bits per heavy atom. The van der Waals surface area contributed by atoms with Gasteiger partial charge in [-0.25, -0.2) is 8.91 Å². The minimum Gasteiger partial charge on any atom is -0.367 e. The molecule has 0 spiro atoms. The number of carbonyl (C=O) groups excluding carboxylic acids is 1. The lowest BCUT2D eigenvalue weighted by Gasteiger charge is -2.17. The molecule has 19 heavy (non-hydrogen) atoms. The maximum absolute atomic E-state index is 13.2. The molecule has 0 bridgehead atoms. The van der Waals surface area contributed by atoms with Gasteiger partial charge in [0.15, 0.2) is 5.78 Å². The molecule has 3 heterocycles. The summed E-state index contributed by atoms with van der Waals surface area (Å²) in [6.45, 7) is 3.01. The molecule has 0 aromatic carbocycles. The van der Waals surface area contributed by atoms with Crippen LogP contribution in [0.2, 0.25) is 0 Å². The van der Waals surface area contributed by atoms with Gasteiger partial charge < -0.3 is 4.90 Å². The molecule has 0 saturated carbocycles. The number of hydrogen-bond donors (Lipinski definition) is 0. The molecule has 1 fully saturated rings. The number of hydrogen-bond acceptors (Lipinski definition) is 3. The van der Waals surface area contributed by atoms with E-state index in [9.17, 15) is 9.18 Å². The third kappa shape index (κ3) is 2.09. The van der Waals surface area contributed by atoms with Crippen molar-refractivity contribution in [3.05, 3.63) is 30.1 Å². The molecule has 0 radical (unpaired) electrons. The minimum absolute atomic E-state index is 0.0905. The maximum Gasteiger partial charge on any atom is 0.166 e. The Hall–Kier alpha value is -1.91. The van der Waals surface area contributed by atoms with E-state index in [2.05, 4.69) is 5.10 Å². The molecule has 1 aliphatic heterocycles. The first-order valence-corrected chi connectivity index (χ1v) is 6.58. The van der Waals surface area contributed by atoms with Crippen LogP contribution in [0.5, 0.6) is 0 Å². The van der Waals surface area contributed by atoms with Crippen molar-refractivity contribution in [2.24, 2.45) is 0 Å². The molecule has 1 atom stereocenters. The Bertz CT molecular complexity index is 622. The van der Waals surface area contributed by atoms with Crippen LogP contribution >= 0.6 is 0 Å². The van der Waals surface area contributed by atoms with E-state index in [4.69, 9.17) is 0 Å². The van der Waals surface area contributed by atoms with Crippen LogP contribution in [0.25, 0.3) is 5.52 Å². The fourth-order valence-corrected chi connectivity index (χ4v) is 2.52. The van der Waals surface area contributed by atoms with E-state index in [-0.39, 0.29) is 5.78 Å². The Morgan fingerprint density at radius 1 is 1.53 bits per heavy atom. The smallest absolute Gasteiger partial charge is 0.166 e. The van der Waals surface area contributed by atoms with E-state index >= 15 is 0 Å². The monoisotopic (exact) mass is 261 g/mol. The van der Waals surface area contributed by atoms with Gasteiger partial charge in [-0.2, -0.15) is 5.10 Å². The summed E-state index contributed by atoms with van der Waals surface area (Å²) in [7, 11) is 0. The zero-order chi connectivity index (χ0) is 13.4. The summed E-state index contributed by atoms with van der Waals surface area (Å²) in [6, 6.07) is 3.82. The molecule has 3 rings (SSSR count). The van der Waals surface area contributed by atoms with Crippen LogP contribution in [0.3, 0.4) is 0 Å². The largest absolute Gasteiger partial charge is 0.367 e. The zero-order valence-electron chi connectivity index (χ0n) is 10.8. The van der Waals surface area contributed by atoms with Gasteiger partial charge in [0.05, 0.1) is 29.2 Å². The van der Waals surface area contributed by atoms with Crippen LogP contribution in [0.15, 0.2) is 24.5 Å². The van der Waals surface area contributed by atoms with Crippen molar-refractivity contribution in [3.63, 3.8) is 0 Å². The number of alkyl halides is 1. The summed E-state index contributed by atoms with van der Waals surface area (Å²) in [5, 5.41) is 4.21. The Morgan fingerprint density at radius 3 is 3.05 bits per heavy atom. The van der Waals surface area contributed by atoms with Gasteiger partial charge in [0.1, 0.15) is 6.17 Å². The van der Waals surface area contributed by atoms with Crippen molar-refractivity contribution < 1.29 is 9.18 Å². The van der Waals surface area contributed by atoms with Gasteiger partial charge in [0.25, 0.3) is 0 Å². The highest BCUT2D eigenvalue weighted by Crippen LogP contribution is 2.23. The quantitative estimate of drug-likeness (QED) is 0.797. The molecule has 0 amide bonds. The standard InChI is InChI=1S/C14H16FN3O/c1-2-14(19)12-7-16-18-9-11(3-4-13(12)18)17-6-5-10(15)8-17/h3-4,7,9-10H,2,5-6,8H2,1H3/t10-/m0/s1. The predicted molar refractivity (Wildman–Crippen MR) is 71.5 cm³/mol. The number of rotatable bonds is 3. The van der Waals surface area contributed by atoms with E-state index in [0.29, 0.717) is 24.9 Å². The van der Waals surface area contributed by atoms with Gasteiger partial charge in [0.2, 0.25) is 0 Å². The van der Waals surface area contributed by atoms with E-state index in [1.807, 2.05) is 30.2 Å². The summed E-state index contributed by atoms with van der Waals surface area (Å²) in [5.41, 5.74) is 2.41. The van der Waals surface area contributed by atoms with Crippen LogP contribution in [-0.2, 0) is 0 Å². The second-order valence-corrected chi connectivity index (χ2v) is 4.88. The molecule has 1 saturated heterocycles. The Balaban J connectivity index is 1.96. The molecule has 5 heteroatoms. The predicted octanol–water partition coefficient (Wildman–Crippen LogP) is 2.48. The number of halogens is 1. The first kappa shape index (κ1) is 12.1. The number of aromatic nitrogens is 2. The molecule has 2 aromatic rings. The van der Waals surface area contributed by atoms with Crippen LogP contribution in [-0.4, -0.2) is 34.7 Å². The fourth-order valence-electron chi connectivity index (χ4n) is 2.52. The lowest BCUT2D eigenvalue weighted by Crippen LogP contribution is -2.20. The van der Waals surface area contributed by atoms with Crippen LogP contribution < -0.4 is 4.90 Å². The molecule has 0 N–H and O–H groups in total.